The lowest BCUT2D eigenvalue weighted by molar-refractivity contribution is 0.984. The molecule has 0 amide bonds. The third-order valence-corrected chi connectivity index (χ3v) is 6.55. The molecule has 0 bridgehead atoms. The van der Waals surface area contributed by atoms with E-state index in [1.165, 1.54) is 22.7 Å². The van der Waals surface area contributed by atoms with E-state index in [-0.39, 0.29) is 23.7 Å². The van der Waals surface area contributed by atoms with Crippen LogP contribution in [0.15, 0.2) is 20.7 Å². The van der Waals surface area contributed by atoms with Crippen molar-refractivity contribution in [3.8, 4) is 12.1 Å². The van der Waals surface area contributed by atoms with Crippen molar-refractivity contribution in [3.05, 3.63) is 61.5 Å². The van der Waals surface area contributed by atoms with Crippen molar-refractivity contribution in [1.82, 2.24) is 0 Å². The van der Waals surface area contributed by atoms with Gasteiger partial charge in [-0.2, -0.15) is 10.5 Å². The summed E-state index contributed by atoms with van der Waals surface area (Å²) in [4.78, 5) is 27.4. The van der Waals surface area contributed by atoms with E-state index in [1.54, 1.807) is 0 Å². The number of rotatable bonds is 0. The molecule has 0 unspecified atom stereocenters. The average molecular weight is 326 g/mol. The lowest BCUT2D eigenvalue weighted by atomic mass is 9.87. The van der Waals surface area contributed by atoms with Crippen molar-refractivity contribution >= 4 is 22.7 Å². The predicted molar refractivity (Wildman–Crippen MR) is 85.2 cm³/mol. The van der Waals surface area contributed by atoms with Crippen LogP contribution in [-0.4, -0.2) is 0 Å². The van der Waals surface area contributed by atoms with Gasteiger partial charge < -0.3 is 0 Å². The fourth-order valence-corrected chi connectivity index (χ4v) is 4.75. The largest absolute Gasteiger partial charge is 0.288 e. The van der Waals surface area contributed by atoms with Gasteiger partial charge in [-0.25, -0.2) is 0 Å². The Kier molecular flexibility index (Phi) is 3.44. The molecule has 1 heterocycles. The van der Waals surface area contributed by atoms with Crippen molar-refractivity contribution in [1.29, 1.82) is 10.5 Å². The zero-order valence-corrected chi connectivity index (χ0v) is 13.6. The molecule has 108 valence electrons. The molecule has 0 saturated carbocycles. The Hall–Kier alpha value is -2.28. The highest BCUT2D eigenvalue weighted by molar-refractivity contribution is 7.17. The maximum atomic E-state index is 12.7. The second kappa shape index (κ2) is 5.17. The van der Waals surface area contributed by atoms with Crippen LogP contribution in [0.5, 0.6) is 0 Å². The van der Waals surface area contributed by atoms with Crippen LogP contribution in [0.3, 0.4) is 0 Å². The van der Waals surface area contributed by atoms with Crippen LogP contribution in [0, 0.1) is 45.6 Å². The first-order valence-corrected chi connectivity index (χ1v) is 8.22. The molecule has 0 saturated heterocycles. The summed E-state index contributed by atoms with van der Waals surface area (Å²) in [5, 5.41) is 18.3. The second-order valence-corrected chi connectivity index (χ2v) is 7.57. The quantitative estimate of drug-likeness (QED) is 0.744. The van der Waals surface area contributed by atoms with Crippen molar-refractivity contribution in [2.45, 2.75) is 26.7 Å². The summed E-state index contributed by atoms with van der Waals surface area (Å²) < 4.78 is 0.934. The SMILES string of the molecule is Cc1sc2c(=O)c3c(c(=O)c=2sc1C)CC(C#N)=C(C#N)C3. The summed E-state index contributed by atoms with van der Waals surface area (Å²) >= 11 is 2.66. The normalized spacial score (nSPS) is 13.6. The van der Waals surface area contributed by atoms with Gasteiger partial charge in [-0.15, -0.1) is 22.7 Å². The van der Waals surface area contributed by atoms with E-state index in [1.807, 2.05) is 26.0 Å². The number of hydrogen-bond donors (Lipinski definition) is 0. The molecule has 4 nitrogen and oxygen atoms in total. The van der Waals surface area contributed by atoms with Gasteiger partial charge in [-0.1, -0.05) is 0 Å². The Bertz CT molecular complexity index is 1020. The molecular formula is C16H10N2O2S2. The molecule has 0 N–H and O–H groups in total. The van der Waals surface area contributed by atoms with E-state index in [0.29, 0.717) is 31.3 Å². The summed E-state index contributed by atoms with van der Waals surface area (Å²) in [5.74, 6) is 0. The zero-order chi connectivity index (χ0) is 16.0. The van der Waals surface area contributed by atoms with Gasteiger partial charge in [0.05, 0.1) is 21.2 Å². The Morgan fingerprint density at radius 3 is 1.50 bits per heavy atom. The first-order valence-electron chi connectivity index (χ1n) is 6.59. The number of nitrogens with zero attached hydrogens (tertiary/aromatic N) is 2. The van der Waals surface area contributed by atoms with Crippen molar-refractivity contribution in [2.75, 3.05) is 0 Å². The first-order chi connectivity index (χ1) is 10.5. The topological polar surface area (TPSA) is 81.7 Å². The van der Waals surface area contributed by atoms with E-state index >= 15 is 0 Å². The highest BCUT2D eigenvalue weighted by Crippen LogP contribution is 2.24. The van der Waals surface area contributed by atoms with Gasteiger partial charge in [0.25, 0.3) is 0 Å². The number of hydrogen-bond acceptors (Lipinski definition) is 6. The smallest absolute Gasteiger partial charge is 0.201 e. The molecule has 22 heavy (non-hydrogen) atoms. The van der Waals surface area contributed by atoms with Gasteiger partial charge >= 0.3 is 0 Å². The molecule has 0 aromatic carbocycles. The van der Waals surface area contributed by atoms with Crippen molar-refractivity contribution in [2.24, 2.45) is 0 Å². The summed E-state index contributed by atoms with van der Waals surface area (Å²) in [6.45, 7) is 3.85. The highest BCUT2D eigenvalue weighted by atomic mass is 32.1. The van der Waals surface area contributed by atoms with E-state index in [0.717, 1.165) is 9.75 Å². The van der Waals surface area contributed by atoms with Crippen LogP contribution in [0.25, 0.3) is 0 Å². The van der Waals surface area contributed by atoms with Crippen LogP contribution in [0.4, 0.5) is 0 Å². The predicted octanol–water partition coefficient (Wildman–Crippen LogP) is 2.31. The molecule has 2 aliphatic carbocycles. The van der Waals surface area contributed by atoms with Crippen LogP contribution in [0.2, 0.25) is 0 Å². The molecule has 1 aliphatic heterocycles. The summed E-state index contributed by atoms with van der Waals surface area (Å²) in [7, 11) is 0. The van der Waals surface area contributed by atoms with Gasteiger partial charge in [0, 0.05) is 44.9 Å². The molecular weight excluding hydrogens is 316 g/mol. The monoisotopic (exact) mass is 326 g/mol. The fourth-order valence-electron chi connectivity index (χ4n) is 2.54. The zero-order valence-electron chi connectivity index (χ0n) is 11.9. The van der Waals surface area contributed by atoms with E-state index in [9.17, 15) is 9.59 Å². The molecule has 0 radical (unpaired) electrons. The van der Waals surface area contributed by atoms with Crippen LogP contribution >= 0.6 is 22.7 Å². The lowest BCUT2D eigenvalue weighted by Crippen LogP contribution is -2.27. The van der Waals surface area contributed by atoms with E-state index in [4.69, 9.17) is 10.5 Å². The molecule has 3 aliphatic rings. The van der Waals surface area contributed by atoms with E-state index in [2.05, 4.69) is 0 Å². The third-order valence-electron chi connectivity index (χ3n) is 3.88. The lowest BCUT2D eigenvalue weighted by Gasteiger charge is -2.14. The standard InChI is InChI=1S/C16H10N2O2S2/c1-7-8(2)22-16-14(20)12-4-10(6-18)9(5-17)3-11(12)13(19)15(16)21-7/h3-4H2,1-2H3. The number of nitriles is 2. The molecule has 0 aromatic heterocycles. The molecule has 0 aromatic rings. The molecule has 6 heteroatoms. The van der Waals surface area contributed by atoms with Crippen LogP contribution in [-0.2, 0) is 12.8 Å². The van der Waals surface area contributed by atoms with Crippen molar-refractivity contribution in [3.63, 3.8) is 0 Å². The number of fused-ring (bicyclic) bond motifs is 1. The average Bonchev–Trinajstić information content (AvgIpc) is 2.53. The molecule has 0 spiro atoms. The van der Waals surface area contributed by atoms with Crippen LogP contribution in [0.1, 0.15) is 20.9 Å². The van der Waals surface area contributed by atoms with Gasteiger partial charge in [-0.3, -0.25) is 9.59 Å². The van der Waals surface area contributed by atoms with Gasteiger partial charge in [0.2, 0.25) is 10.9 Å². The van der Waals surface area contributed by atoms with Crippen LogP contribution < -0.4 is 10.9 Å². The summed E-state index contributed by atoms with van der Waals surface area (Å²) in [6.07, 6.45) is 0.173. The minimum absolute atomic E-state index is 0.0864. The van der Waals surface area contributed by atoms with Gasteiger partial charge in [0.1, 0.15) is 0 Å². The number of aryl methyl sites for hydroxylation is 2. The Balaban J connectivity index is 2.47. The first kappa shape index (κ1) is 14.6. The van der Waals surface area contributed by atoms with Gasteiger partial charge in [-0.05, 0) is 13.8 Å². The van der Waals surface area contributed by atoms with Gasteiger partial charge in [0.15, 0.2) is 0 Å². The van der Waals surface area contributed by atoms with E-state index < -0.39 is 0 Å². The third kappa shape index (κ3) is 2.00. The van der Waals surface area contributed by atoms with Crippen molar-refractivity contribution < 1.29 is 0 Å². The maximum Gasteiger partial charge on any atom is 0.201 e. The fraction of sp³-hybridized carbons (Fsp3) is 0.250. The Morgan fingerprint density at radius 1 is 0.818 bits per heavy atom. The molecule has 0 fully saturated rings. The summed E-state index contributed by atoms with van der Waals surface area (Å²) in [5.41, 5.74) is 1.03. The second-order valence-electron chi connectivity index (χ2n) is 5.12. The molecule has 0 atom stereocenters. The minimum atomic E-state index is -0.168. The highest BCUT2D eigenvalue weighted by Gasteiger charge is 2.24. The molecule has 3 rings (SSSR count). The summed E-state index contributed by atoms with van der Waals surface area (Å²) in [6, 6.07) is 3.97. The number of allylic oxidation sites excluding steroid dienone is 2. The maximum absolute atomic E-state index is 12.7. The Morgan fingerprint density at radius 2 is 1.18 bits per heavy atom. The Labute approximate surface area is 133 Å². The minimum Gasteiger partial charge on any atom is -0.288 e.